The maximum absolute atomic E-state index is 11.7. The molecule has 0 radical (unpaired) electrons. The highest BCUT2D eigenvalue weighted by atomic mass is 32.1. The monoisotopic (exact) mass is 240 g/mol. The van der Waals surface area contributed by atoms with Crippen molar-refractivity contribution in [3.05, 3.63) is 10.0 Å². The average molecular weight is 240 g/mol. The zero-order valence-electron chi connectivity index (χ0n) is 9.06. The summed E-state index contributed by atoms with van der Waals surface area (Å²) in [7, 11) is 0. The van der Waals surface area contributed by atoms with Crippen molar-refractivity contribution >= 4 is 11.3 Å². The Bertz CT molecular complexity index is 269. The summed E-state index contributed by atoms with van der Waals surface area (Å²) in [5, 5.41) is 5.60. The van der Waals surface area contributed by atoms with E-state index in [0.717, 1.165) is 0 Å². The van der Waals surface area contributed by atoms with E-state index in [1.807, 2.05) is 0 Å². The Morgan fingerprint density at radius 1 is 1.13 bits per heavy atom. The molecule has 0 aromatic carbocycles. The lowest BCUT2D eigenvalue weighted by molar-refractivity contribution is -0.138. The molecule has 88 valence electrons. The largest absolute Gasteiger partial charge is 0.445 e. The second kappa shape index (κ2) is 6.76. The van der Waals surface area contributed by atoms with Gasteiger partial charge < -0.3 is 0 Å². The number of rotatable bonds is 2. The molecule has 0 fully saturated rings. The summed E-state index contributed by atoms with van der Waals surface area (Å²) in [6.45, 7) is 5.90. The first kappa shape index (κ1) is 14.3. The second-order valence-electron chi connectivity index (χ2n) is 2.98. The van der Waals surface area contributed by atoms with E-state index in [4.69, 9.17) is 0 Å². The van der Waals surface area contributed by atoms with Gasteiger partial charge in [0.25, 0.3) is 0 Å². The fourth-order valence-electron chi connectivity index (χ4n) is 0.765. The highest BCUT2D eigenvalue weighted by molar-refractivity contribution is 7.11. The van der Waals surface area contributed by atoms with Gasteiger partial charge in [-0.2, -0.15) is 13.2 Å². The van der Waals surface area contributed by atoms with Crippen molar-refractivity contribution in [2.24, 2.45) is 0 Å². The molecule has 0 atom stereocenters. The SMILES string of the molecule is CCCCC.Cc1nnc(C(F)(F)F)s1. The van der Waals surface area contributed by atoms with Gasteiger partial charge in [0.1, 0.15) is 5.01 Å². The summed E-state index contributed by atoms with van der Waals surface area (Å²) in [4.78, 5) is 0. The standard InChI is InChI=1S/C5H12.C4H3F3N2S/c1-3-5-4-2;1-2-8-9-3(10-2)4(5,6)7/h3-5H2,1-2H3;1H3. The van der Waals surface area contributed by atoms with Gasteiger partial charge in [0.2, 0.25) is 5.01 Å². The molecule has 1 aromatic heterocycles. The third-order valence-corrected chi connectivity index (χ3v) is 2.36. The van der Waals surface area contributed by atoms with Crippen LogP contribution >= 0.6 is 11.3 Å². The van der Waals surface area contributed by atoms with Crippen molar-refractivity contribution in [3.63, 3.8) is 0 Å². The number of nitrogens with zero attached hydrogens (tertiary/aromatic N) is 2. The van der Waals surface area contributed by atoms with Crippen LogP contribution in [0.25, 0.3) is 0 Å². The van der Waals surface area contributed by atoms with Crippen LogP contribution in [0.2, 0.25) is 0 Å². The van der Waals surface area contributed by atoms with Crippen molar-refractivity contribution in [2.45, 2.75) is 46.2 Å². The Labute approximate surface area is 91.5 Å². The molecule has 0 unspecified atom stereocenters. The molecule has 1 aromatic rings. The third-order valence-electron chi connectivity index (χ3n) is 1.48. The van der Waals surface area contributed by atoms with Crippen molar-refractivity contribution in [1.29, 1.82) is 0 Å². The van der Waals surface area contributed by atoms with Gasteiger partial charge in [-0.3, -0.25) is 0 Å². The lowest BCUT2D eigenvalue weighted by atomic mass is 10.3. The summed E-state index contributed by atoms with van der Waals surface area (Å²) >= 11 is 0.547. The number of hydrogen-bond donors (Lipinski definition) is 0. The number of hydrogen-bond acceptors (Lipinski definition) is 3. The number of aromatic nitrogens is 2. The van der Waals surface area contributed by atoms with E-state index in [9.17, 15) is 13.2 Å². The summed E-state index contributed by atoms with van der Waals surface area (Å²) in [5.41, 5.74) is 0. The van der Waals surface area contributed by atoms with Crippen LogP contribution in [0.3, 0.4) is 0 Å². The number of aryl methyl sites for hydroxylation is 1. The van der Waals surface area contributed by atoms with Gasteiger partial charge in [-0.25, -0.2) is 0 Å². The normalized spacial score (nSPS) is 10.8. The van der Waals surface area contributed by atoms with Crippen molar-refractivity contribution < 1.29 is 13.2 Å². The maximum atomic E-state index is 11.7. The summed E-state index contributed by atoms with van der Waals surface area (Å²) in [6, 6.07) is 0. The van der Waals surface area contributed by atoms with Gasteiger partial charge in [0.15, 0.2) is 0 Å². The van der Waals surface area contributed by atoms with Crippen molar-refractivity contribution in [3.8, 4) is 0 Å². The highest BCUT2D eigenvalue weighted by Gasteiger charge is 2.35. The molecular weight excluding hydrogens is 225 g/mol. The third kappa shape index (κ3) is 6.43. The molecule has 0 aliphatic heterocycles. The van der Waals surface area contributed by atoms with E-state index >= 15 is 0 Å². The molecule has 0 spiro atoms. The van der Waals surface area contributed by atoms with Crippen LogP contribution in [0.4, 0.5) is 13.2 Å². The smallest absolute Gasteiger partial charge is 0.164 e. The Hall–Kier alpha value is -0.650. The quantitative estimate of drug-likeness (QED) is 0.779. The molecule has 0 bridgehead atoms. The Balaban J connectivity index is 0.000000336. The molecule has 15 heavy (non-hydrogen) atoms. The first-order chi connectivity index (χ1) is 6.91. The molecule has 0 amide bonds. The fraction of sp³-hybridized carbons (Fsp3) is 0.778. The van der Waals surface area contributed by atoms with Crippen LogP contribution in [0, 0.1) is 6.92 Å². The molecule has 1 rings (SSSR count). The minimum absolute atomic E-state index is 0.326. The molecular formula is C9H15F3N2S. The Kier molecular flexibility index (Phi) is 6.47. The van der Waals surface area contributed by atoms with Crippen LogP contribution in [0.1, 0.15) is 43.1 Å². The topological polar surface area (TPSA) is 25.8 Å². The molecule has 0 aliphatic rings. The number of halogens is 3. The van der Waals surface area contributed by atoms with Gasteiger partial charge in [-0.05, 0) is 6.92 Å². The van der Waals surface area contributed by atoms with E-state index in [-0.39, 0.29) is 0 Å². The zero-order valence-corrected chi connectivity index (χ0v) is 9.87. The van der Waals surface area contributed by atoms with Crippen LogP contribution in [-0.2, 0) is 6.18 Å². The minimum atomic E-state index is -4.34. The first-order valence-corrected chi connectivity index (χ1v) is 5.60. The number of unbranched alkanes of at least 4 members (excludes halogenated alkanes) is 2. The van der Waals surface area contributed by atoms with Gasteiger partial charge in [0, 0.05) is 0 Å². The zero-order chi connectivity index (χ0) is 11.9. The maximum Gasteiger partial charge on any atom is 0.445 e. The molecule has 0 saturated carbocycles. The lowest BCUT2D eigenvalue weighted by Crippen LogP contribution is -2.03. The predicted octanol–water partition coefficient (Wildman–Crippen LogP) is 4.06. The fourth-order valence-corrected chi connectivity index (χ4v) is 1.32. The van der Waals surface area contributed by atoms with E-state index < -0.39 is 11.2 Å². The van der Waals surface area contributed by atoms with Gasteiger partial charge in [0.05, 0.1) is 0 Å². The molecule has 6 heteroatoms. The Morgan fingerprint density at radius 2 is 1.67 bits per heavy atom. The van der Waals surface area contributed by atoms with Crippen LogP contribution < -0.4 is 0 Å². The Morgan fingerprint density at radius 3 is 1.80 bits per heavy atom. The van der Waals surface area contributed by atoms with Crippen molar-refractivity contribution in [2.75, 3.05) is 0 Å². The van der Waals surface area contributed by atoms with Crippen LogP contribution in [0.5, 0.6) is 0 Å². The second-order valence-corrected chi connectivity index (χ2v) is 4.16. The van der Waals surface area contributed by atoms with E-state index in [2.05, 4.69) is 24.0 Å². The number of alkyl halides is 3. The van der Waals surface area contributed by atoms with E-state index in [1.54, 1.807) is 0 Å². The van der Waals surface area contributed by atoms with Crippen molar-refractivity contribution in [1.82, 2.24) is 10.2 Å². The minimum Gasteiger partial charge on any atom is -0.164 e. The average Bonchev–Trinajstić information content (AvgIpc) is 2.53. The summed E-state index contributed by atoms with van der Waals surface area (Å²) < 4.78 is 35.1. The van der Waals surface area contributed by atoms with Gasteiger partial charge >= 0.3 is 6.18 Å². The molecule has 0 saturated heterocycles. The van der Waals surface area contributed by atoms with Crippen LogP contribution in [0.15, 0.2) is 0 Å². The van der Waals surface area contributed by atoms with Gasteiger partial charge in [-0.1, -0.05) is 44.4 Å². The van der Waals surface area contributed by atoms with E-state index in [1.165, 1.54) is 26.2 Å². The summed E-state index contributed by atoms with van der Waals surface area (Å²) in [6.07, 6.45) is -0.265. The summed E-state index contributed by atoms with van der Waals surface area (Å²) in [5.74, 6) is 0. The predicted molar refractivity (Wildman–Crippen MR) is 54.8 cm³/mol. The van der Waals surface area contributed by atoms with Crippen LogP contribution in [-0.4, -0.2) is 10.2 Å². The van der Waals surface area contributed by atoms with E-state index in [0.29, 0.717) is 16.3 Å². The van der Waals surface area contributed by atoms with Gasteiger partial charge in [-0.15, -0.1) is 10.2 Å². The molecule has 0 aliphatic carbocycles. The molecule has 1 heterocycles. The lowest BCUT2D eigenvalue weighted by Gasteiger charge is -1.96. The first-order valence-electron chi connectivity index (χ1n) is 4.79. The molecule has 0 N–H and O–H groups in total. The highest BCUT2D eigenvalue weighted by Crippen LogP contribution is 2.30. The molecule has 2 nitrogen and oxygen atoms in total.